The molecular formula is C34H39F3N4O3. The molecule has 0 bridgehead atoms. The molecule has 0 saturated carbocycles. The topological polar surface area (TPSA) is 105 Å². The number of hydrogen-bond donors (Lipinski definition) is 3. The maximum absolute atomic E-state index is 13.8. The first-order valence-electron chi connectivity index (χ1n) is 14.9. The van der Waals surface area contributed by atoms with Crippen LogP contribution in [-0.4, -0.2) is 47.7 Å². The van der Waals surface area contributed by atoms with Gasteiger partial charge in [0.25, 0.3) is 0 Å². The number of carbonyl (C=O) groups excluding carboxylic acids is 3. The number of hydrogen-bond acceptors (Lipinski definition) is 5. The van der Waals surface area contributed by atoms with Crippen molar-refractivity contribution in [2.45, 2.75) is 70.3 Å². The molecule has 3 aromatic rings. The molecule has 234 valence electrons. The second-order valence-electron chi connectivity index (χ2n) is 11.2. The molecule has 0 radical (unpaired) electrons. The molecule has 4 N–H and O–H groups in total. The van der Waals surface area contributed by atoms with E-state index < -0.39 is 29.7 Å². The third kappa shape index (κ3) is 8.76. The van der Waals surface area contributed by atoms with Gasteiger partial charge in [0.05, 0.1) is 11.6 Å². The van der Waals surface area contributed by atoms with Gasteiger partial charge < -0.3 is 16.4 Å². The molecule has 4 rings (SSSR count). The third-order valence-corrected chi connectivity index (χ3v) is 7.98. The van der Waals surface area contributed by atoms with E-state index in [0.717, 1.165) is 17.2 Å². The van der Waals surface area contributed by atoms with Crippen molar-refractivity contribution >= 4 is 23.3 Å². The van der Waals surface area contributed by atoms with E-state index in [1.54, 1.807) is 12.1 Å². The van der Waals surface area contributed by atoms with Crippen LogP contribution in [0.15, 0.2) is 72.8 Å². The van der Waals surface area contributed by atoms with Crippen molar-refractivity contribution in [1.82, 2.24) is 10.2 Å². The Morgan fingerprint density at radius 1 is 0.955 bits per heavy atom. The summed E-state index contributed by atoms with van der Waals surface area (Å²) in [5.41, 5.74) is 7.65. The van der Waals surface area contributed by atoms with Crippen LogP contribution in [-0.2, 0) is 28.7 Å². The molecule has 44 heavy (non-hydrogen) atoms. The van der Waals surface area contributed by atoms with Crippen LogP contribution in [0, 0.1) is 6.92 Å². The zero-order chi connectivity index (χ0) is 31.7. The second-order valence-corrected chi connectivity index (χ2v) is 11.2. The normalized spacial score (nSPS) is 15.7. The standard InChI is InChI=1S/C34H39F3N4O3/c1-23-16-17-27(21-28(23)34(35,36)37)39-32(43)29(14-7-8-18-38)40-33(44)30-20-25-12-5-6-13-26(25)22-41(30)19-9-15-31(42)24-10-3-2-4-11-24/h2-6,10-13,16-17,21,29-30H,7-9,14-15,18-20,22,38H2,1H3,(H,39,43)(H,40,44)/t29-,30-/m0/s1. The smallest absolute Gasteiger partial charge is 0.343 e. The average molecular weight is 609 g/mol. The fraction of sp³-hybridized carbons (Fsp3) is 0.382. The molecule has 1 aliphatic rings. The van der Waals surface area contributed by atoms with E-state index in [4.69, 9.17) is 5.73 Å². The zero-order valence-electron chi connectivity index (χ0n) is 24.8. The van der Waals surface area contributed by atoms with Gasteiger partial charge in [0.15, 0.2) is 5.78 Å². The number of halogens is 3. The number of amides is 2. The van der Waals surface area contributed by atoms with E-state index in [1.807, 2.05) is 47.4 Å². The highest BCUT2D eigenvalue weighted by atomic mass is 19.4. The molecule has 0 saturated heterocycles. The molecule has 7 nitrogen and oxygen atoms in total. The van der Waals surface area contributed by atoms with Gasteiger partial charge in [-0.15, -0.1) is 0 Å². The number of alkyl halides is 3. The third-order valence-electron chi connectivity index (χ3n) is 7.98. The summed E-state index contributed by atoms with van der Waals surface area (Å²) in [6, 6.07) is 19.0. The van der Waals surface area contributed by atoms with Crippen molar-refractivity contribution < 1.29 is 27.6 Å². The quantitative estimate of drug-likeness (QED) is 0.172. The highest BCUT2D eigenvalue weighted by Crippen LogP contribution is 2.33. The number of unbranched alkanes of at least 4 members (excludes halogenated alkanes) is 1. The summed E-state index contributed by atoms with van der Waals surface area (Å²) in [6.45, 7) is 2.78. The molecule has 0 aliphatic carbocycles. The summed E-state index contributed by atoms with van der Waals surface area (Å²) < 4.78 is 40.4. The number of aryl methyl sites for hydroxylation is 1. The maximum atomic E-state index is 13.8. The highest BCUT2D eigenvalue weighted by molar-refractivity contribution is 5.98. The molecule has 1 aliphatic heterocycles. The van der Waals surface area contributed by atoms with Crippen molar-refractivity contribution in [2.75, 3.05) is 18.4 Å². The van der Waals surface area contributed by atoms with Crippen molar-refractivity contribution in [2.24, 2.45) is 5.73 Å². The second kappa shape index (κ2) is 15.1. The monoisotopic (exact) mass is 608 g/mol. The van der Waals surface area contributed by atoms with Gasteiger partial charge in [-0.3, -0.25) is 19.3 Å². The largest absolute Gasteiger partial charge is 0.416 e. The van der Waals surface area contributed by atoms with Crippen LogP contribution in [0.4, 0.5) is 18.9 Å². The SMILES string of the molecule is Cc1ccc(NC(=O)[C@H](CCCCN)NC(=O)[C@@H]2Cc3ccccc3CN2CCCC(=O)c2ccccc2)cc1C(F)(F)F. The lowest BCUT2D eigenvalue weighted by Gasteiger charge is -2.36. The number of rotatable bonds is 13. The Hall–Kier alpha value is -4.02. The van der Waals surface area contributed by atoms with Crippen molar-refractivity contribution in [3.8, 4) is 0 Å². The Bertz CT molecular complexity index is 1450. The Morgan fingerprint density at radius 3 is 2.36 bits per heavy atom. The minimum Gasteiger partial charge on any atom is -0.343 e. The Labute approximate surface area is 256 Å². The first kappa shape index (κ1) is 32.9. The predicted octanol–water partition coefficient (Wildman–Crippen LogP) is 5.66. The number of nitrogens with zero attached hydrogens (tertiary/aromatic N) is 1. The van der Waals surface area contributed by atoms with Crippen LogP contribution in [0.1, 0.15) is 64.7 Å². The molecule has 0 aromatic heterocycles. The summed E-state index contributed by atoms with van der Waals surface area (Å²) in [5, 5.41) is 5.46. The number of nitrogens with two attached hydrogens (primary N) is 1. The van der Waals surface area contributed by atoms with E-state index in [-0.39, 0.29) is 29.4 Å². The molecule has 2 amide bonds. The Morgan fingerprint density at radius 2 is 1.66 bits per heavy atom. The highest BCUT2D eigenvalue weighted by Gasteiger charge is 2.35. The lowest BCUT2D eigenvalue weighted by atomic mass is 9.92. The van der Waals surface area contributed by atoms with E-state index in [9.17, 15) is 27.6 Å². The molecule has 10 heteroatoms. The molecular weight excluding hydrogens is 569 g/mol. The van der Waals surface area contributed by atoms with Gasteiger partial charge in [-0.1, -0.05) is 60.7 Å². The van der Waals surface area contributed by atoms with E-state index >= 15 is 0 Å². The molecule has 0 unspecified atom stereocenters. The first-order chi connectivity index (χ1) is 21.1. The summed E-state index contributed by atoms with van der Waals surface area (Å²) in [4.78, 5) is 41.8. The van der Waals surface area contributed by atoms with Gasteiger partial charge in [0, 0.05) is 24.2 Å². The number of carbonyl (C=O) groups is 3. The van der Waals surface area contributed by atoms with Gasteiger partial charge >= 0.3 is 6.18 Å². The first-order valence-corrected chi connectivity index (χ1v) is 14.9. The van der Waals surface area contributed by atoms with Gasteiger partial charge in [0.1, 0.15) is 6.04 Å². The molecule has 1 heterocycles. The number of nitrogens with one attached hydrogen (secondary N) is 2. The fourth-order valence-corrected chi connectivity index (χ4v) is 5.55. The molecule has 3 aromatic carbocycles. The Kier molecular flexibility index (Phi) is 11.3. The van der Waals surface area contributed by atoms with E-state index in [2.05, 4.69) is 10.6 Å². The maximum Gasteiger partial charge on any atom is 0.416 e. The van der Waals surface area contributed by atoms with Crippen LogP contribution < -0.4 is 16.4 Å². The van der Waals surface area contributed by atoms with Gasteiger partial charge in [-0.25, -0.2) is 0 Å². The van der Waals surface area contributed by atoms with Crippen LogP contribution in [0.25, 0.3) is 0 Å². The number of fused-ring (bicyclic) bond motifs is 1. The van der Waals surface area contributed by atoms with Crippen LogP contribution in [0.3, 0.4) is 0 Å². The number of ketones is 1. The van der Waals surface area contributed by atoms with Crippen LogP contribution in [0.2, 0.25) is 0 Å². The lowest BCUT2D eigenvalue weighted by molar-refractivity contribution is -0.138. The van der Waals surface area contributed by atoms with Crippen LogP contribution >= 0.6 is 0 Å². The van der Waals surface area contributed by atoms with Crippen molar-refractivity contribution in [3.05, 3.63) is 101 Å². The lowest BCUT2D eigenvalue weighted by Crippen LogP contribution is -2.54. The van der Waals surface area contributed by atoms with Crippen molar-refractivity contribution in [1.29, 1.82) is 0 Å². The molecule has 0 fully saturated rings. The summed E-state index contributed by atoms with van der Waals surface area (Å²) in [7, 11) is 0. The van der Waals surface area contributed by atoms with Gasteiger partial charge in [0.2, 0.25) is 11.8 Å². The van der Waals surface area contributed by atoms with E-state index in [0.29, 0.717) is 57.3 Å². The predicted molar refractivity (Wildman–Crippen MR) is 164 cm³/mol. The summed E-state index contributed by atoms with van der Waals surface area (Å²) in [6.07, 6.45) is -1.80. The number of Topliss-reactive ketones (excluding diaryl/α,β-unsaturated/α-hetero) is 1. The van der Waals surface area contributed by atoms with Gasteiger partial charge in [-0.2, -0.15) is 13.2 Å². The molecule has 0 spiro atoms. The minimum absolute atomic E-state index is 0.00213. The summed E-state index contributed by atoms with van der Waals surface area (Å²) >= 11 is 0. The fourth-order valence-electron chi connectivity index (χ4n) is 5.55. The Balaban J connectivity index is 1.48. The zero-order valence-corrected chi connectivity index (χ0v) is 24.8. The van der Waals surface area contributed by atoms with Crippen LogP contribution in [0.5, 0.6) is 0 Å². The molecule has 2 atom stereocenters. The van der Waals surface area contributed by atoms with E-state index in [1.165, 1.54) is 19.1 Å². The summed E-state index contributed by atoms with van der Waals surface area (Å²) in [5.74, 6) is -0.907. The number of anilines is 1. The number of benzene rings is 3. The average Bonchev–Trinajstić information content (AvgIpc) is 3.01. The van der Waals surface area contributed by atoms with Gasteiger partial charge in [-0.05, 0) is 80.9 Å². The minimum atomic E-state index is -4.56. The van der Waals surface area contributed by atoms with Crippen molar-refractivity contribution in [3.63, 3.8) is 0 Å².